The van der Waals surface area contributed by atoms with Gasteiger partial charge in [0.1, 0.15) is 5.54 Å². The van der Waals surface area contributed by atoms with Crippen molar-refractivity contribution in [2.75, 3.05) is 27.3 Å². The fourth-order valence-corrected chi connectivity index (χ4v) is 2.76. The molecule has 0 amide bonds. The molecule has 0 rings (SSSR count). The lowest BCUT2D eigenvalue weighted by atomic mass is 9.95. The molecular weight excluding hydrogens is 318 g/mol. The Morgan fingerprint density at radius 3 is 1.92 bits per heavy atom. The minimum atomic E-state index is -0.763. The van der Waals surface area contributed by atoms with Crippen LogP contribution >= 0.6 is 0 Å². The van der Waals surface area contributed by atoms with Gasteiger partial charge in [0, 0.05) is 6.61 Å². The number of hydrogen-bond acceptors (Lipinski definition) is 5. The maximum atomic E-state index is 12.2. The molecular formula is C20H41NO4. The first-order valence-electron chi connectivity index (χ1n) is 10.1. The summed E-state index contributed by atoms with van der Waals surface area (Å²) in [5, 5.41) is 8.98. The van der Waals surface area contributed by atoms with Gasteiger partial charge in [-0.05, 0) is 40.3 Å². The molecule has 0 aromatic heterocycles. The highest BCUT2D eigenvalue weighted by Crippen LogP contribution is 2.20. The summed E-state index contributed by atoms with van der Waals surface area (Å²) < 4.78 is 0. The van der Waals surface area contributed by atoms with Gasteiger partial charge in [0.15, 0.2) is 0 Å². The lowest BCUT2D eigenvalue weighted by molar-refractivity contribution is -0.281. The average Bonchev–Trinajstić information content (AvgIpc) is 2.60. The molecule has 0 bridgehead atoms. The van der Waals surface area contributed by atoms with Gasteiger partial charge in [-0.15, -0.1) is 0 Å². The van der Waals surface area contributed by atoms with Crippen LogP contribution in [0.15, 0.2) is 0 Å². The zero-order chi connectivity index (χ0) is 19.0. The molecule has 0 aromatic carbocycles. The van der Waals surface area contributed by atoms with Crippen molar-refractivity contribution in [2.24, 2.45) is 0 Å². The van der Waals surface area contributed by atoms with Crippen LogP contribution in [-0.4, -0.2) is 48.8 Å². The molecule has 1 unspecified atom stereocenters. The van der Waals surface area contributed by atoms with Crippen LogP contribution in [0.4, 0.5) is 0 Å². The number of rotatable bonds is 17. The molecule has 1 N–H and O–H groups in total. The van der Waals surface area contributed by atoms with Crippen molar-refractivity contribution in [1.29, 1.82) is 0 Å². The molecule has 0 saturated carbocycles. The molecule has 0 saturated heterocycles. The molecule has 0 heterocycles. The van der Waals surface area contributed by atoms with Crippen molar-refractivity contribution >= 4 is 5.97 Å². The number of aliphatic hydroxyl groups excluding tert-OH is 1. The third-order valence-electron chi connectivity index (χ3n) is 4.96. The summed E-state index contributed by atoms with van der Waals surface area (Å²) in [5.41, 5.74) is -0.763. The number of hydrogen-bond donors (Lipinski definition) is 1. The third-order valence-corrected chi connectivity index (χ3v) is 4.96. The molecule has 1 atom stereocenters. The van der Waals surface area contributed by atoms with Gasteiger partial charge in [-0.25, -0.2) is 4.79 Å². The molecule has 150 valence electrons. The van der Waals surface area contributed by atoms with Crippen LogP contribution in [0, 0.1) is 0 Å². The summed E-state index contributed by atoms with van der Waals surface area (Å²) in [6, 6.07) is 0. The van der Waals surface area contributed by atoms with Crippen molar-refractivity contribution < 1.29 is 19.7 Å². The number of aliphatic hydroxyl groups is 1. The second kappa shape index (κ2) is 15.6. The fraction of sp³-hybridized carbons (Fsp3) is 0.950. The molecule has 0 radical (unpaired) electrons. The smallest absolute Gasteiger partial charge is 0.362 e. The van der Waals surface area contributed by atoms with Crippen LogP contribution < -0.4 is 0 Å². The van der Waals surface area contributed by atoms with Crippen molar-refractivity contribution in [3.05, 3.63) is 0 Å². The zero-order valence-electron chi connectivity index (χ0n) is 17.0. The summed E-state index contributed by atoms with van der Waals surface area (Å²) in [6.45, 7) is 4.58. The lowest BCUT2D eigenvalue weighted by Crippen LogP contribution is -2.49. The molecule has 0 fully saturated rings. The first-order valence-corrected chi connectivity index (χ1v) is 10.1. The van der Waals surface area contributed by atoms with E-state index in [2.05, 4.69) is 6.92 Å². The van der Waals surface area contributed by atoms with Gasteiger partial charge in [-0.1, -0.05) is 64.7 Å². The first-order chi connectivity index (χ1) is 12.0. The monoisotopic (exact) mass is 359 g/mol. The third kappa shape index (κ3) is 11.6. The molecule has 0 aromatic rings. The Morgan fingerprint density at radius 2 is 1.44 bits per heavy atom. The summed E-state index contributed by atoms with van der Waals surface area (Å²) in [7, 11) is 3.67. The van der Waals surface area contributed by atoms with Crippen LogP contribution in [0.5, 0.6) is 0 Å². The lowest BCUT2D eigenvalue weighted by Gasteiger charge is -2.32. The predicted octanol–water partition coefficient (Wildman–Crippen LogP) is 4.47. The Morgan fingerprint density at radius 1 is 0.920 bits per heavy atom. The number of carbonyl (C=O) groups is 1. The number of unbranched alkanes of at least 4 members (excludes halogenated alkanes) is 9. The van der Waals surface area contributed by atoms with E-state index in [0.29, 0.717) is 19.4 Å². The molecule has 0 aliphatic carbocycles. The van der Waals surface area contributed by atoms with Crippen molar-refractivity contribution in [1.82, 2.24) is 4.90 Å². The van der Waals surface area contributed by atoms with E-state index >= 15 is 0 Å². The van der Waals surface area contributed by atoms with E-state index in [-0.39, 0.29) is 6.61 Å². The van der Waals surface area contributed by atoms with Crippen LogP contribution in [0.1, 0.15) is 90.9 Å². The van der Waals surface area contributed by atoms with E-state index in [1.807, 2.05) is 25.9 Å². The van der Waals surface area contributed by atoms with Crippen LogP contribution in [0.2, 0.25) is 0 Å². The zero-order valence-corrected chi connectivity index (χ0v) is 17.0. The van der Waals surface area contributed by atoms with Gasteiger partial charge in [0.25, 0.3) is 0 Å². The van der Waals surface area contributed by atoms with Crippen molar-refractivity contribution in [3.63, 3.8) is 0 Å². The highest BCUT2D eigenvalue weighted by atomic mass is 17.2. The van der Waals surface area contributed by atoms with Gasteiger partial charge in [0.2, 0.25) is 0 Å². The van der Waals surface area contributed by atoms with E-state index in [1.165, 1.54) is 51.4 Å². The second-order valence-electron chi connectivity index (χ2n) is 7.37. The number of carbonyl (C=O) groups excluding carboxylic acids is 1. The maximum Gasteiger partial charge on any atom is 0.362 e. The minimum Gasteiger partial charge on any atom is -0.396 e. The molecule has 0 aliphatic heterocycles. The van der Waals surface area contributed by atoms with Gasteiger partial charge >= 0.3 is 5.97 Å². The van der Waals surface area contributed by atoms with E-state index in [4.69, 9.17) is 14.9 Å². The molecule has 25 heavy (non-hydrogen) atoms. The summed E-state index contributed by atoms with van der Waals surface area (Å²) in [5.74, 6) is -0.391. The highest BCUT2D eigenvalue weighted by molar-refractivity contribution is 5.79. The largest absolute Gasteiger partial charge is 0.396 e. The Balaban J connectivity index is 3.64. The minimum absolute atomic E-state index is 0.0656. The molecule has 5 nitrogen and oxygen atoms in total. The standard InChI is InChI=1S/C20H41NO4/c1-5-6-7-8-9-10-11-12-13-14-18-24-25-19(23)20(2,21(3)4)16-15-17-22/h22H,5-18H2,1-4H3. The van der Waals surface area contributed by atoms with Crippen LogP contribution in [0.3, 0.4) is 0 Å². The van der Waals surface area contributed by atoms with Gasteiger partial charge in [-0.2, -0.15) is 4.89 Å². The first kappa shape index (κ1) is 24.4. The average molecular weight is 360 g/mol. The van der Waals surface area contributed by atoms with E-state index in [9.17, 15) is 4.79 Å². The topological polar surface area (TPSA) is 59.0 Å². The summed E-state index contributed by atoms with van der Waals surface area (Å²) >= 11 is 0. The van der Waals surface area contributed by atoms with E-state index in [0.717, 1.165) is 12.8 Å². The molecule has 5 heteroatoms. The predicted molar refractivity (Wildman–Crippen MR) is 102 cm³/mol. The number of likely N-dealkylation sites (N-methyl/N-ethyl adjacent to an activating group) is 1. The van der Waals surface area contributed by atoms with Crippen molar-refractivity contribution in [3.8, 4) is 0 Å². The van der Waals surface area contributed by atoms with Crippen LogP contribution in [-0.2, 0) is 14.6 Å². The Kier molecular flexibility index (Phi) is 15.2. The Bertz CT molecular complexity index is 323. The summed E-state index contributed by atoms with van der Waals surface area (Å²) in [6.07, 6.45) is 13.7. The van der Waals surface area contributed by atoms with Crippen LogP contribution in [0.25, 0.3) is 0 Å². The normalized spacial score (nSPS) is 13.8. The SMILES string of the molecule is CCCCCCCCCCCCOOC(=O)C(C)(CCCO)N(C)C. The quantitative estimate of drug-likeness (QED) is 0.236. The highest BCUT2D eigenvalue weighted by Gasteiger charge is 2.37. The number of nitrogens with zero attached hydrogens (tertiary/aromatic N) is 1. The fourth-order valence-electron chi connectivity index (χ4n) is 2.76. The maximum absolute atomic E-state index is 12.2. The summed E-state index contributed by atoms with van der Waals surface area (Å²) in [4.78, 5) is 24.1. The Hall–Kier alpha value is -0.650. The van der Waals surface area contributed by atoms with Gasteiger partial charge in [-0.3, -0.25) is 9.79 Å². The molecule has 0 aliphatic rings. The van der Waals surface area contributed by atoms with Crippen molar-refractivity contribution in [2.45, 2.75) is 96.4 Å². The second-order valence-corrected chi connectivity index (χ2v) is 7.37. The van der Waals surface area contributed by atoms with E-state index in [1.54, 1.807) is 0 Å². The Labute approximate surface area is 155 Å². The van der Waals surface area contributed by atoms with Gasteiger partial charge < -0.3 is 5.11 Å². The van der Waals surface area contributed by atoms with Gasteiger partial charge in [0.05, 0.1) is 6.61 Å². The van der Waals surface area contributed by atoms with E-state index < -0.39 is 11.5 Å². The molecule has 0 spiro atoms.